The van der Waals surface area contributed by atoms with Gasteiger partial charge in [-0.05, 0) is 87.4 Å². The van der Waals surface area contributed by atoms with Gasteiger partial charge < -0.3 is 5.32 Å². The summed E-state index contributed by atoms with van der Waals surface area (Å²) < 4.78 is 3.02. The number of nitrogens with one attached hydrogen (secondary N) is 2. The van der Waals surface area contributed by atoms with Crippen LogP contribution in [0.5, 0.6) is 0 Å². The fourth-order valence-electron chi connectivity index (χ4n) is 3.74. The summed E-state index contributed by atoms with van der Waals surface area (Å²) in [6.45, 7) is 8.04. The lowest BCUT2D eigenvalue weighted by atomic mass is 9.91. The van der Waals surface area contributed by atoms with Crippen LogP contribution >= 0.6 is 11.9 Å². The van der Waals surface area contributed by atoms with Crippen molar-refractivity contribution in [2.75, 3.05) is 7.05 Å². The molecule has 1 unspecified atom stereocenters. The Morgan fingerprint density at radius 1 is 1.34 bits per heavy atom. The summed E-state index contributed by atoms with van der Waals surface area (Å²) in [5, 5.41) is 13.6. The maximum absolute atomic E-state index is 13.3. The van der Waals surface area contributed by atoms with Gasteiger partial charge in [0.2, 0.25) is 0 Å². The Balaban J connectivity index is 1.81. The number of para-hydroxylation sites is 1. The summed E-state index contributed by atoms with van der Waals surface area (Å²) in [5.74, 6) is 0.229. The zero-order valence-electron chi connectivity index (χ0n) is 18.7. The van der Waals surface area contributed by atoms with Gasteiger partial charge in [0.1, 0.15) is 5.03 Å². The number of nitrogens with zero attached hydrogens (tertiary/aromatic N) is 2. The first-order chi connectivity index (χ1) is 15.4. The van der Waals surface area contributed by atoms with Crippen LogP contribution in [-0.2, 0) is 0 Å². The molecule has 0 bridgehead atoms. The third kappa shape index (κ3) is 5.76. The SMILES string of the molecule is C=C(C)/C(NC(=O)c1cc(SNC)nc2ccccc12)=C(/C)CCC1C=CC(C#N)=CC1. The van der Waals surface area contributed by atoms with Gasteiger partial charge in [0, 0.05) is 16.7 Å². The Morgan fingerprint density at radius 3 is 2.78 bits per heavy atom. The maximum atomic E-state index is 13.3. The van der Waals surface area contributed by atoms with Crippen LogP contribution in [0.4, 0.5) is 0 Å². The van der Waals surface area contributed by atoms with E-state index in [2.05, 4.69) is 33.7 Å². The van der Waals surface area contributed by atoms with Crippen molar-refractivity contribution in [1.82, 2.24) is 15.0 Å². The van der Waals surface area contributed by atoms with Crippen LogP contribution < -0.4 is 10.0 Å². The molecule has 1 aromatic carbocycles. The van der Waals surface area contributed by atoms with E-state index in [0.717, 1.165) is 57.6 Å². The number of benzene rings is 1. The lowest BCUT2D eigenvalue weighted by molar-refractivity contribution is 0.0967. The topological polar surface area (TPSA) is 77.8 Å². The smallest absolute Gasteiger partial charge is 0.256 e. The van der Waals surface area contributed by atoms with Gasteiger partial charge in [0.05, 0.1) is 17.1 Å². The molecular weight excluding hydrogens is 416 g/mol. The van der Waals surface area contributed by atoms with Crippen LogP contribution in [0.2, 0.25) is 0 Å². The van der Waals surface area contributed by atoms with E-state index < -0.39 is 0 Å². The summed E-state index contributed by atoms with van der Waals surface area (Å²) in [4.78, 5) is 17.9. The van der Waals surface area contributed by atoms with E-state index in [9.17, 15) is 4.79 Å². The van der Waals surface area contributed by atoms with Crippen molar-refractivity contribution in [2.24, 2.45) is 5.92 Å². The first-order valence-electron chi connectivity index (χ1n) is 10.6. The average Bonchev–Trinajstić information content (AvgIpc) is 2.80. The summed E-state index contributed by atoms with van der Waals surface area (Å²) in [5.41, 5.74) is 4.80. The van der Waals surface area contributed by atoms with E-state index in [1.807, 2.05) is 63.4 Å². The number of pyridine rings is 1. The largest absolute Gasteiger partial charge is 0.322 e. The number of carbonyl (C=O) groups excluding carboxylic acids is 1. The van der Waals surface area contributed by atoms with Gasteiger partial charge >= 0.3 is 0 Å². The maximum Gasteiger partial charge on any atom is 0.256 e. The number of hydrogen-bond donors (Lipinski definition) is 2. The van der Waals surface area contributed by atoms with Crippen LogP contribution in [0.25, 0.3) is 10.9 Å². The van der Waals surface area contributed by atoms with Crippen LogP contribution in [0.1, 0.15) is 43.5 Å². The Labute approximate surface area is 194 Å². The normalized spacial score (nSPS) is 16.2. The molecule has 2 aromatic rings. The van der Waals surface area contributed by atoms with Gasteiger partial charge in [0.25, 0.3) is 5.91 Å². The highest BCUT2D eigenvalue weighted by molar-refractivity contribution is 7.97. The summed E-state index contributed by atoms with van der Waals surface area (Å²) >= 11 is 1.38. The van der Waals surface area contributed by atoms with E-state index in [-0.39, 0.29) is 5.91 Å². The second kappa shape index (κ2) is 10.9. The molecule has 32 heavy (non-hydrogen) atoms. The van der Waals surface area contributed by atoms with Crippen molar-refractivity contribution in [1.29, 1.82) is 5.26 Å². The van der Waals surface area contributed by atoms with E-state index in [0.29, 0.717) is 11.5 Å². The first kappa shape index (κ1) is 23.5. The van der Waals surface area contributed by atoms with Crippen molar-refractivity contribution in [3.63, 3.8) is 0 Å². The minimum absolute atomic E-state index is 0.168. The quantitative estimate of drug-likeness (QED) is 0.395. The monoisotopic (exact) mass is 444 g/mol. The molecule has 1 atom stereocenters. The number of amides is 1. The number of nitriles is 1. The van der Waals surface area contributed by atoms with Crippen molar-refractivity contribution in [3.8, 4) is 6.07 Å². The summed E-state index contributed by atoms with van der Waals surface area (Å²) in [6, 6.07) is 11.7. The molecule has 1 aliphatic rings. The predicted molar refractivity (Wildman–Crippen MR) is 132 cm³/mol. The number of rotatable bonds is 8. The first-order valence-corrected chi connectivity index (χ1v) is 11.4. The molecular formula is C26H28N4OS. The molecule has 1 aromatic heterocycles. The Hall–Kier alpha value is -3.14. The molecule has 1 aliphatic carbocycles. The molecule has 0 aliphatic heterocycles. The number of allylic oxidation sites excluding steroid dienone is 6. The van der Waals surface area contributed by atoms with E-state index in [1.165, 1.54) is 11.9 Å². The molecule has 0 fully saturated rings. The van der Waals surface area contributed by atoms with Gasteiger partial charge in [-0.1, -0.05) is 36.9 Å². The average molecular weight is 445 g/mol. The third-order valence-electron chi connectivity index (χ3n) is 5.44. The second-order valence-electron chi connectivity index (χ2n) is 7.89. The highest BCUT2D eigenvalue weighted by atomic mass is 32.2. The summed E-state index contributed by atoms with van der Waals surface area (Å²) in [6.07, 6.45) is 8.65. The molecule has 5 nitrogen and oxygen atoms in total. The molecule has 0 radical (unpaired) electrons. The van der Waals surface area contributed by atoms with Crippen molar-refractivity contribution in [2.45, 2.75) is 38.1 Å². The van der Waals surface area contributed by atoms with Gasteiger partial charge in [-0.25, -0.2) is 4.98 Å². The molecule has 1 amide bonds. The number of hydrogen-bond acceptors (Lipinski definition) is 5. The number of carbonyl (C=O) groups is 1. The molecule has 1 heterocycles. The summed E-state index contributed by atoms with van der Waals surface area (Å²) in [7, 11) is 1.82. The minimum atomic E-state index is -0.168. The van der Waals surface area contributed by atoms with Crippen molar-refractivity contribution < 1.29 is 4.79 Å². The molecule has 6 heteroatoms. The zero-order valence-corrected chi connectivity index (χ0v) is 19.6. The molecule has 3 rings (SSSR count). The van der Waals surface area contributed by atoms with E-state index >= 15 is 0 Å². The van der Waals surface area contributed by atoms with Crippen LogP contribution in [0.3, 0.4) is 0 Å². The lowest BCUT2D eigenvalue weighted by Gasteiger charge is -2.18. The Bertz CT molecular complexity index is 1170. The van der Waals surface area contributed by atoms with Gasteiger partial charge in [0.15, 0.2) is 0 Å². The highest BCUT2D eigenvalue weighted by Crippen LogP contribution is 2.26. The number of aromatic nitrogens is 1. The molecule has 164 valence electrons. The second-order valence-corrected chi connectivity index (χ2v) is 8.92. The third-order valence-corrected chi connectivity index (χ3v) is 6.07. The number of fused-ring (bicyclic) bond motifs is 1. The highest BCUT2D eigenvalue weighted by Gasteiger charge is 2.17. The zero-order chi connectivity index (χ0) is 23.1. The van der Waals surface area contributed by atoms with Gasteiger partial charge in [-0.3, -0.25) is 9.52 Å². The predicted octanol–water partition coefficient (Wildman–Crippen LogP) is 5.85. The fraction of sp³-hybridized carbons (Fsp3) is 0.269. The molecule has 0 saturated heterocycles. The lowest BCUT2D eigenvalue weighted by Crippen LogP contribution is -2.25. The molecule has 0 saturated carbocycles. The standard InChI is InChI=1S/C26H28N4OS/c1-17(2)25(18(3)9-10-19-11-13-20(16-27)14-12-19)30-26(31)22-15-24(32-28-4)29-23-8-6-5-7-21(22)23/h5-8,11,13-15,19,28H,1,9-10,12H2,2-4H3,(H,30,31)/b25-18+. The van der Waals surface area contributed by atoms with E-state index in [1.54, 1.807) is 0 Å². The van der Waals surface area contributed by atoms with Crippen LogP contribution in [0.15, 0.2) is 82.6 Å². The van der Waals surface area contributed by atoms with E-state index in [4.69, 9.17) is 5.26 Å². The fourth-order valence-corrected chi connectivity index (χ4v) is 4.27. The van der Waals surface area contributed by atoms with Crippen LogP contribution in [-0.4, -0.2) is 17.9 Å². The van der Waals surface area contributed by atoms with Crippen LogP contribution in [0, 0.1) is 17.2 Å². The minimum Gasteiger partial charge on any atom is -0.322 e. The Kier molecular flexibility index (Phi) is 8.04. The Morgan fingerprint density at radius 2 is 2.12 bits per heavy atom. The van der Waals surface area contributed by atoms with Gasteiger partial charge in [-0.15, -0.1) is 0 Å². The molecule has 0 spiro atoms. The molecule has 2 N–H and O–H groups in total. The van der Waals surface area contributed by atoms with Crippen molar-refractivity contribution >= 4 is 28.8 Å². The van der Waals surface area contributed by atoms with Gasteiger partial charge in [-0.2, -0.15) is 5.26 Å². The van der Waals surface area contributed by atoms with Crippen molar-refractivity contribution in [3.05, 3.63) is 83.1 Å².